The number of guanidine groups is 1. The first-order valence-corrected chi connectivity index (χ1v) is 14.8. The van der Waals surface area contributed by atoms with Gasteiger partial charge >= 0.3 is 5.97 Å². The summed E-state index contributed by atoms with van der Waals surface area (Å²) in [4.78, 5) is 15.3. The molecular formula is C31H27ClN4O5S. The minimum Gasteiger partial charge on any atom is -0.489 e. The number of hydrazone groups is 1. The molecule has 0 aliphatic carbocycles. The fourth-order valence-corrected chi connectivity index (χ4v) is 5.66. The van der Waals surface area contributed by atoms with Crippen LogP contribution in [0.1, 0.15) is 33.0 Å². The number of hydrogen-bond donors (Lipinski definition) is 2. The van der Waals surface area contributed by atoms with Gasteiger partial charge in [-0.25, -0.2) is 22.9 Å². The Morgan fingerprint density at radius 1 is 1.00 bits per heavy atom. The van der Waals surface area contributed by atoms with Crippen LogP contribution >= 0.6 is 11.6 Å². The van der Waals surface area contributed by atoms with Gasteiger partial charge in [0.05, 0.1) is 22.7 Å². The van der Waals surface area contributed by atoms with Crippen LogP contribution in [0.3, 0.4) is 0 Å². The summed E-state index contributed by atoms with van der Waals surface area (Å²) in [6, 6.07) is 29.6. The van der Waals surface area contributed by atoms with Crippen molar-refractivity contribution in [3.05, 3.63) is 130 Å². The van der Waals surface area contributed by atoms with Crippen LogP contribution in [0.25, 0.3) is 0 Å². The molecule has 0 spiro atoms. The molecule has 0 bridgehead atoms. The van der Waals surface area contributed by atoms with E-state index >= 15 is 0 Å². The molecular weight excluding hydrogens is 576 g/mol. The maximum Gasteiger partial charge on any atom is 0.335 e. The van der Waals surface area contributed by atoms with Gasteiger partial charge in [-0.05, 0) is 65.2 Å². The molecule has 1 unspecified atom stereocenters. The fourth-order valence-electron chi connectivity index (χ4n) is 4.48. The standard InChI is InChI=1S/C31H27ClN4O5S/c1-33-31(36-19-28(22-5-3-2-4-6-22)29(34-36)23-11-13-25(32)14-12-23)35-42(39,40)27-17-15-26(16-18-27)41-20-21-7-9-24(10-8-21)30(37)38/h2-18,28H,19-20H2,1H3,(H,33,35)(H,37,38). The molecule has 5 rings (SSSR count). The number of hydrogen-bond acceptors (Lipinski definition) is 6. The van der Waals surface area contributed by atoms with Crippen molar-refractivity contribution in [3.63, 3.8) is 0 Å². The molecule has 0 aromatic heterocycles. The van der Waals surface area contributed by atoms with E-state index in [0.717, 1.165) is 22.4 Å². The largest absolute Gasteiger partial charge is 0.489 e. The first-order valence-electron chi connectivity index (χ1n) is 12.9. The van der Waals surface area contributed by atoms with E-state index in [-0.39, 0.29) is 28.9 Å². The third-order valence-electron chi connectivity index (χ3n) is 6.68. The van der Waals surface area contributed by atoms with E-state index in [1.165, 1.54) is 31.3 Å². The van der Waals surface area contributed by atoms with Gasteiger partial charge in [0, 0.05) is 18.0 Å². The van der Waals surface area contributed by atoms with E-state index in [0.29, 0.717) is 17.3 Å². The van der Waals surface area contributed by atoms with Crippen molar-refractivity contribution in [2.75, 3.05) is 13.6 Å². The van der Waals surface area contributed by atoms with Gasteiger partial charge in [0.1, 0.15) is 12.4 Å². The predicted octanol–water partition coefficient (Wildman–Crippen LogP) is 5.39. The Morgan fingerprint density at radius 3 is 2.29 bits per heavy atom. The van der Waals surface area contributed by atoms with E-state index in [1.54, 1.807) is 41.4 Å². The van der Waals surface area contributed by atoms with Gasteiger partial charge in [-0.2, -0.15) is 5.10 Å². The molecule has 214 valence electrons. The molecule has 1 aliphatic rings. The number of rotatable bonds is 8. The number of halogens is 1. The van der Waals surface area contributed by atoms with E-state index in [2.05, 4.69) is 9.71 Å². The minimum absolute atomic E-state index is 0.0301. The lowest BCUT2D eigenvalue weighted by atomic mass is 9.91. The highest BCUT2D eigenvalue weighted by Crippen LogP contribution is 2.29. The number of nitrogens with zero attached hydrogens (tertiary/aromatic N) is 3. The summed E-state index contributed by atoms with van der Waals surface area (Å²) in [6.07, 6.45) is 0. The van der Waals surface area contributed by atoms with Crippen molar-refractivity contribution < 1.29 is 23.1 Å². The lowest BCUT2D eigenvalue weighted by molar-refractivity contribution is 0.0696. The third-order valence-corrected chi connectivity index (χ3v) is 8.27. The average molecular weight is 603 g/mol. The van der Waals surface area contributed by atoms with Gasteiger partial charge in [-0.1, -0.05) is 66.2 Å². The lowest BCUT2D eigenvalue weighted by Crippen LogP contribution is -2.41. The summed E-state index contributed by atoms with van der Waals surface area (Å²) in [7, 11) is -2.49. The molecule has 0 fully saturated rings. The number of sulfonamides is 1. The lowest BCUT2D eigenvalue weighted by Gasteiger charge is -2.19. The van der Waals surface area contributed by atoms with E-state index in [4.69, 9.17) is 26.5 Å². The van der Waals surface area contributed by atoms with Crippen molar-refractivity contribution in [1.29, 1.82) is 0 Å². The van der Waals surface area contributed by atoms with Crippen LogP contribution in [0.2, 0.25) is 5.02 Å². The molecule has 0 radical (unpaired) electrons. The molecule has 1 heterocycles. The second-order valence-corrected chi connectivity index (χ2v) is 11.6. The molecule has 9 nitrogen and oxygen atoms in total. The van der Waals surface area contributed by atoms with E-state index in [1.807, 2.05) is 42.5 Å². The predicted molar refractivity (Wildman–Crippen MR) is 162 cm³/mol. The maximum atomic E-state index is 13.3. The van der Waals surface area contributed by atoms with Crippen molar-refractivity contribution in [2.45, 2.75) is 17.4 Å². The molecule has 4 aromatic rings. The highest BCUT2D eigenvalue weighted by atomic mass is 35.5. The highest BCUT2D eigenvalue weighted by Gasteiger charge is 2.32. The topological polar surface area (TPSA) is 121 Å². The Labute approximate surface area is 248 Å². The van der Waals surface area contributed by atoms with Crippen LogP contribution in [0.4, 0.5) is 0 Å². The summed E-state index contributed by atoms with van der Waals surface area (Å²) in [5, 5.41) is 16.0. The molecule has 4 aromatic carbocycles. The van der Waals surface area contributed by atoms with Crippen LogP contribution in [0, 0.1) is 0 Å². The third kappa shape index (κ3) is 6.62. The molecule has 1 atom stereocenters. The molecule has 0 saturated carbocycles. The second-order valence-electron chi connectivity index (χ2n) is 9.45. The number of ether oxygens (including phenoxy) is 1. The molecule has 0 amide bonds. The molecule has 0 saturated heterocycles. The SMILES string of the molecule is CN=C(NS(=O)(=O)c1ccc(OCc2ccc(C(=O)O)cc2)cc1)N1CC(c2ccccc2)C(c2ccc(Cl)cc2)=N1. The quantitative estimate of drug-likeness (QED) is 0.206. The van der Waals surface area contributed by atoms with E-state index in [9.17, 15) is 13.2 Å². The van der Waals surface area contributed by atoms with Gasteiger partial charge in [0.2, 0.25) is 5.96 Å². The molecule has 11 heteroatoms. The zero-order valence-corrected chi connectivity index (χ0v) is 24.1. The normalized spacial score (nSPS) is 15.3. The van der Waals surface area contributed by atoms with Crippen LogP contribution < -0.4 is 9.46 Å². The minimum atomic E-state index is -4.00. The number of aromatic carboxylic acids is 1. The zero-order valence-electron chi connectivity index (χ0n) is 22.5. The highest BCUT2D eigenvalue weighted by molar-refractivity contribution is 7.90. The van der Waals surface area contributed by atoms with Gasteiger partial charge in [-0.3, -0.25) is 4.99 Å². The number of carboxylic acid groups (broad SMARTS) is 1. The van der Waals surface area contributed by atoms with Crippen LogP contribution in [0.5, 0.6) is 5.75 Å². The monoisotopic (exact) mass is 602 g/mol. The number of benzene rings is 4. The Kier molecular flexibility index (Phi) is 8.56. The van der Waals surface area contributed by atoms with Crippen molar-refractivity contribution in [1.82, 2.24) is 9.73 Å². The first kappa shape index (κ1) is 28.8. The van der Waals surface area contributed by atoms with Crippen molar-refractivity contribution in [2.24, 2.45) is 10.1 Å². The van der Waals surface area contributed by atoms with Crippen LogP contribution in [-0.4, -0.2) is 49.8 Å². The Morgan fingerprint density at radius 2 is 1.67 bits per heavy atom. The van der Waals surface area contributed by atoms with Gasteiger partial charge < -0.3 is 9.84 Å². The number of nitrogens with one attached hydrogen (secondary N) is 1. The van der Waals surface area contributed by atoms with Crippen molar-refractivity contribution >= 4 is 39.3 Å². The smallest absolute Gasteiger partial charge is 0.335 e. The van der Waals surface area contributed by atoms with Gasteiger partial charge in [-0.15, -0.1) is 0 Å². The van der Waals surface area contributed by atoms with Crippen molar-refractivity contribution in [3.8, 4) is 5.75 Å². The summed E-state index contributed by atoms with van der Waals surface area (Å²) < 4.78 is 34.9. The summed E-state index contributed by atoms with van der Waals surface area (Å²) in [5.41, 5.74) is 3.66. The van der Waals surface area contributed by atoms with E-state index < -0.39 is 16.0 Å². The number of carbonyl (C=O) groups is 1. The van der Waals surface area contributed by atoms with Gasteiger partial charge in [0.15, 0.2) is 0 Å². The number of aliphatic imine (C=N–C) groups is 1. The average Bonchev–Trinajstić information content (AvgIpc) is 3.45. The van der Waals surface area contributed by atoms with Gasteiger partial charge in [0.25, 0.3) is 10.0 Å². The summed E-state index contributed by atoms with van der Waals surface area (Å²) in [6.45, 7) is 0.583. The summed E-state index contributed by atoms with van der Waals surface area (Å²) in [5.74, 6) is -0.572. The maximum absolute atomic E-state index is 13.3. The Bertz CT molecular complexity index is 1730. The fraction of sp³-hybridized carbons (Fsp3) is 0.129. The zero-order chi connectivity index (χ0) is 29.7. The van der Waals surface area contributed by atoms with Crippen LogP contribution in [0.15, 0.2) is 118 Å². The molecule has 1 aliphatic heterocycles. The second kappa shape index (κ2) is 12.5. The Balaban J connectivity index is 1.30. The molecule has 42 heavy (non-hydrogen) atoms. The number of carboxylic acids is 1. The van der Waals surface area contributed by atoms with Crippen LogP contribution in [-0.2, 0) is 16.6 Å². The first-order chi connectivity index (χ1) is 20.2. The molecule has 2 N–H and O–H groups in total. The Hall–Kier alpha value is -4.67. The summed E-state index contributed by atoms with van der Waals surface area (Å²) >= 11 is 6.10.